The first kappa shape index (κ1) is 16.3. The summed E-state index contributed by atoms with van der Waals surface area (Å²) in [7, 11) is 0. The Morgan fingerprint density at radius 1 is 1.21 bits per heavy atom. The summed E-state index contributed by atoms with van der Waals surface area (Å²) < 4.78 is 5.49. The van der Waals surface area contributed by atoms with Crippen molar-refractivity contribution in [1.82, 2.24) is 20.3 Å². The largest absolute Gasteiger partial charge is 0.423 e. The second kappa shape index (κ2) is 6.52. The van der Waals surface area contributed by atoms with Crippen LogP contribution in [-0.2, 0) is 5.41 Å². The van der Waals surface area contributed by atoms with Gasteiger partial charge in [0, 0.05) is 42.7 Å². The van der Waals surface area contributed by atoms with E-state index < -0.39 is 6.09 Å². The molecule has 1 aliphatic rings. The van der Waals surface area contributed by atoms with E-state index >= 15 is 0 Å². The number of ether oxygens (including phenoxy) is 1. The van der Waals surface area contributed by atoms with Crippen molar-refractivity contribution in [2.24, 2.45) is 0 Å². The van der Waals surface area contributed by atoms with Crippen LogP contribution in [0, 0.1) is 0 Å². The van der Waals surface area contributed by atoms with Crippen LogP contribution in [-0.4, -0.2) is 40.2 Å². The Labute approximate surface area is 141 Å². The van der Waals surface area contributed by atoms with E-state index in [1.807, 2.05) is 12.1 Å². The molecule has 0 atom stereocenters. The van der Waals surface area contributed by atoms with Gasteiger partial charge in [-0.2, -0.15) is 0 Å². The molecule has 2 aromatic heterocycles. The number of anilines is 1. The minimum Gasteiger partial charge on any atom is -0.391 e. The first-order chi connectivity index (χ1) is 11.4. The third kappa shape index (κ3) is 3.51. The van der Waals surface area contributed by atoms with Gasteiger partial charge in [0.15, 0.2) is 0 Å². The van der Waals surface area contributed by atoms with Gasteiger partial charge in [-0.15, -0.1) is 0 Å². The van der Waals surface area contributed by atoms with Crippen molar-refractivity contribution >= 4 is 12.0 Å². The van der Waals surface area contributed by atoms with Crippen molar-refractivity contribution in [3.8, 4) is 5.88 Å². The van der Waals surface area contributed by atoms with E-state index in [2.05, 4.69) is 41.0 Å². The zero-order chi connectivity index (χ0) is 17.2. The van der Waals surface area contributed by atoms with Gasteiger partial charge in [-0.25, -0.2) is 24.6 Å². The normalized spacial score (nSPS) is 14.8. The first-order valence-corrected chi connectivity index (χ1v) is 7.91. The second-order valence-corrected chi connectivity index (χ2v) is 6.71. The van der Waals surface area contributed by atoms with Gasteiger partial charge in [-0.1, -0.05) is 26.8 Å². The molecule has 126 valence electrons. The van der Waals surface area contributed by atoms with E-state index in [1.54, 1.807) is 24.5 Å². The summed E-state index contributed by atoms with van der Waals surface area (Å²) in [6.45, 7) is 7.55. The number of hydrogen-bond acceptors (Lipinski definition) is 6. The molecule has 1 N–H and O–H groups in total. The fourth-order valence-corrected chi connectivity index (χ4v) is 2.29. The highest BCUT2D eigenvalue weighted by atomic mass is 16.6. The minimum absolute atomic E-state index is 0.0225. The summed E-state index contributed by atoms with van der Waals surface area (Å²) in [4.78, 5) is 26.9. The van der Waals surface area contributed by atoms with Crippen LogP contribution in [0.1, 0.15) is 26.5 Å². The summed E-state index contributed by atoms with van der Waals surface area (Å²) in [6, 6.07) is 7.12. The summed E-state index contributed by atoms with van der Waals surface area (Å²) in [6.07, 6.45) is 2.69. The molecule has 0 saturated carbocycles. The quantitative estimate of drug-likeness (QED) is 0.930. The maximum absolute atomic E-state index is 12.7. The van der Waals surface area contributed by atoms with Crippen LogP contribution in [0.4, 0.5) is 10.7 Å². The Morgan fingerprint density at radius 3 is 2.50 bits per heavy atom. The Balaban J connectivity index is 1.81. The maximum Gasteiger partial charge on any atom is 0.423 e. The first-order valence-electron chi connectivity index (χ1n) is 7.91. The van der Waals surface area contributed by atoms with Crippen LogP contribution >= 0.6 is 0 Å². The zero-order valence-electron chi connectivity index (χ0n) is 14.1. The number of pyridine rings is 1. The molecule has 1 amide bonds. The zero-order valence-corrected chi connectivity index (χ0v) is 14.1. The Bertz CT molecular complexity index is 710. The number of aromatic nitrogens is 3. The summed E-state index contributed by atoms with van der Waals surface area (Å²) >= 11 is 0. The summed E-state index contributed by atoms with van der Waals surface area (Å²) in [5.74, 6) is 0.613. The summed E-state index contributed by atoms with van der Waals surface area (Å²) in [5, 5.41) is 3.14. The van der Waals surface area contributed by atoms with Gasteiger partial charge in [0.1, 0.15) is 0 Å². The molecule has 1 aliphatic heterocycles. The molecule has 3 heterocycles. The maximum atomic E-state index is 12.7. The Hall–Kier alpha value is -2.54. The van der Waals surface area contributed by atoms with Crippen molar-refractivity contribution in [3.05, 3.63) is 42.4 Å². The lowest BCUT2D eigenvalue weighted by Crippen LogP contribution is -2.60. The Morgan fingerprint density at radius 2 is 1.92 bits per heavy atom. The number of rotatable bonds is 3. The van der Waals surface area contributed by atoms with Crippen LogP contribution in [0.5, 0.6) is 5.88 Å². The molecular weight excluding hydrogens is 306 g/mol. The topological polar surface area (TPSA) is 80.2 Å². The molecule has 0 radical (unpaired) electrons. The number of nitrogens with zero attached hydrogens (tertiary/aromatic N) is 4. The lowest BCUT2D eigenvalue weighted by atomic mass is 9.92. The van der Waals surface area contributed by atoms with Crippen LogP contribution in [0.3, 0.4) is 0 Å². The molecule has 7 nitrogen and oxygen atoms in total. The van der Waals surface area contributed by atoms with Gasteiger partial charge in [-0.3, -0.25) is 0 Å². The highest BCUT2D eigenvalue weighted by molar-refractivity contribution is 5.87. The van der Waals surface area contributed by atoms with Crippen molar-refractivity contribution in [3.63, 3.8) is 0 Å². The predicted molar refractivity (Wildman–Crippen MR) is 90.1 cm³/mol. The minimum atomic E-state index is -0.522. The van der Waals surface area contributed by atoms with Crippen LogP contribution in [0.25, 0.3) is 0 Å². The van der Waals surface area contributed by atoms with Gasteiger partial charge < -0.3 is 10.1 Å². The smallest absolute Gasteiger partial charge is 0.391 e. The molecule has 0 spiro atoms. The molecule has 0 unspecified atom stereocenters. The third-order valence-corrected chi connectivity index (χ3v) is 3.77. The van der Waals surface area contributed by atoms with Crippen molar-refractivity contribution in [2.75, 3.05) is 18.0 Å². The van der Waals surface area contributed by atoms with Gasteiger partial charge in [0.2, 0.25) is 11.8 Å². The predicted octanol–water partition coefficient (Wildman–Crippen LogP) is 2.15. The van der Waals surface area contributed by atoms with Crippen molar-refractivity contribution < 1.29 is 9.53 Å². The molecule has 7 heteroatoms. The standard InChI is InChI=1S/C17H21N5O2/c1-17(2,3)13-6-4-7-14(21-13)24-16(23)22(12-10-18-11-12)15-19-8-5-9-20-15/h4-9,12,18H,10-11H2,1-3H3. The average molecular weight is 327 g/mol. The Kier molecular flexibility index (Phi) is 4.44. The third-order valence-electron chi connectivity index (χ3n) is 3.77. The molecule has 24 heavy (non-hydrogen) atoms. The lowest BCUT2D eigenvalue weighted by Gasteiger charge is -2.35. The highest BCUT2D eigenvalue weighted by Gasteiger charge is 2.33. The van der Waals surface area contributed by atoms with Crippen molar-refractivity contribution in [2.45, 2.75) is 32.2 Å². The van der Waals surface area contributed by atoms with Gasteiger partial charge >= 0.3 is 6.09 Å². The molecular formula is C17H21N5O2. The van der Waals surface area contributed by atoms with Crippen LogP contribution in [0.15, 0.2) is 36.7 Å². The molecule has 0 aromatic carbocycles. The lowest BCUT2D eigenvalue weighted by molar-refractivity contribution is 0.198. The number of carbonyl (C=O) groups excluding carboxylic acids is 1. The fourth-order valence-electron chi connectivity index (χ4n) is 2.29. The molecule has 3 rings (SSSR count). The second-order valence-electron chi connectivity index (χ2n) is 6.71. The van der Waals surface area contributed by atoms with E-state index in [9.17, 15) is 4.79 Å². The monoisotopic (exact) mass is 327 g/mol. The van der Waals surface area contributed by atoms with Gasteiger partial charge in [0.25, 0.3) is 0 Å². The van der Waals surface area contributed by atoms with E-state index in [0.717, 1.165) is 5.69 Å². The molecule has 0 bridgehead atoms. The number of carbonyl (C=O) groups is 1. The van der Waals surface area contributed by atoms with E-state index in [1.165, 1.54) is 4.90 Å². The van der Waals surface area contributed by atoms with E-state index in [4.69, 9.17) is 4.74 Å². The SMILES string of the molecule is CC(C)(C)c1cccc(OC(=O)N(c2ncccn2)C2CNC2)n1. The number of amides is 1. The van der Waals surface area contributed by atoms with E-state index in [0.29, 0.717) is 19.0 Å². The number of hydrogen-bond donors (Lipinski definition) is 1. The van der Waals surface area contributed by atoms with E-state index in [-0.39, 0.29) is 17.3 Å². The van der Waals surface area contributed by atoms with Crippen LogP contribution in [0.2, 0.25) is 0 Å². The molecule has 1 fully saturated rings. The van der Waals surface area contributed by atoms with Gasteiger partial charge in [0.05, 0.1) is 6.04 Å². The molecule has 2 aromatic rings. The van der Waals surface area contributed by atoms with Crippen LogP contribution < -0.4 is 15.0 Å². The molecule has 0 aliphatic carbocycles. The van der Waals surface area contributed by atoms with Crippen molar-refractivity contribution in [1.29, 1.82) is 0 Å². The summed E-state index contributed by atoms with van der Waals surface area (Å²) in [5.41, 5.74) is 0.739. The fraction of sp³-hybridized carbons (Fsp3) is 0.412. The van der Waals surface area contributed by atoms with Gasteiger partial charge in [-0.05, 0) is 12.1 Å². The number of nitrogens with one attached hydrogen (secondary N) is 1. The highest BCUT2D eigenvalue weighted by Crippen LogP contribution is 2.23. The molecule has 1 saturated heterocycles. The average Bonchev–Trinajstić information content (AvgIpc) is 2.51.